The third-order valence-electron chi connectivity index (χ3n) is 4.84. The number of piperidine rings is 1. The second-order valence-electron chi connectivity index (χ2n) is 6.58. The molecule has 0 bridgehead atoms. The van der Waals surface area contributed by atoms with Crippen molar-refractivity contribution >= 4 is 5.91 Å². The number of carbonyl (C=O) groups is 1. The first-order valence-electron chi connectivity index (χ1n) is 8.57. The van der Waals surface area contributed by atoms with Crippen molar-refractivity contribution < 1.29 is 4.79 Å². The predicted octanol–water partition coefficient (Wildman–Crippen LogP) is 2.11. The minimum absolute atomic E-state index is 0.204. The number of piperazine rings is 1. The molecule has 0 aromatic heterocycles. The lowest BCUT2D eigenvalue weighted by Gasteiger charge is -2.34. The van der Waals surface area contributed by atoms with E-state index in [0.717, 1.165) is 57.7 Å². The number of rotatable bonds is 3. The van der Waals surface area contributed by atoms with Crippen molar-refractivity contribution in [2.75, 3.05) is 32.7 Å². The summed E-state index contributed by atoms with van der Waals surface area (Å²) in [6.07, 6.45) is 3.54. The molecular formula is C18H27N3O. The van der Waals surface area contributed by atoms with Crippen molar-refractivity contribution in [2.45, 2.75) is 38.8 Å². The molecule has 0 saturated carbocycles. The Morgan fingerprint density at radius 3 is 2.82 bits per heavy atom. The van der Waals surface area contributed by atoms with Crippen LogP contribution in [-0.2, 0) is 6.54 Å². The van der Waals surface area contributed by atoms with E-state index in [1.165, 1.54) is 12.0 Å². The van der Waals surface area contributed by atoms with Gasteiger partial charge < -0.3 is 10.2 Å². The summed E-state index contributed by atoms with van der Waals surface area (Å²) < 4.78 is 0. The largest absolute Gasteiger partial charge is 0.339 e. The van der Waals surface area contributed by atoms with Crippen molar-refractivity contribution in [2.24, 2.45) is 0 Å². The van der Waals surface area contributed by atoms with Crippen LogP contribution in [0.25, 0.3) is 0 Å². The standard InChI is InChI=1S/C18H27N3O/c1-15-13-19-8-11-21(15)14-16-6-5-7-17(12-16)18(22)20-9-3-2-4-10-20/h5-7,12,15,19H,2-4,8-11,13-14H2,1H3/t15-/m1/s1. The van der Waals surface area contributed by atoms with Gasteiger partial charge in [-0.2, -0.15) is 0 Å². The number of likely N-dealkylation sites (tertiary alicyclic amines) is 1. The van der Waals surface area contributed by atoms with E-state index >= 15 is 0 Å². The zero-order chi connectivity index (χ0) is 15.4. The molecule has 0 spiro atoms. The summed E-state index contributed by atoms with van der Waals surface area (Å²) >= 11 is 0. The molecule has 0 unspecified atom stereocenters. The third-order valence-corrected chi connectivity index (χ3v) is 4.84. The normalized spacial score (nSPS) is 23.5. The van der Waals surface area contributed by atoms with Crippen molar-refractivity contribution in [3.05, 3.63) is 35.4 Å². The first-order chi connectivity index (χ1) is 10.7. The van der Waals surface area contributed by atoms with E-state index in [9.17, 15) is 4.79 Å². The van der Waals surface area contributed by atoms with Gasteiger partial charge in [-0.05, 0) is 43.9 Å². The van der Waals surface area contributed by atoms with Gasteiger partial charge in [0, 0.05) is 50.9 Å². The average Bonchev–Trinajstić information content (AvgIpc) is 2.57. The third kappa shape index (κ3) is 3.68. The summed E-state index contributed by atoms with van der Waals surface area (Å²) in [5.41, 5.74) is 2.10. The van der Waals surface area contributed by atoms with Gasteiger partial charge >= 0.3 is 0 Å². The molecule has 3 rings (SSSR count). The molecule has 2 saturated heterocycles. The minimum atomic E-state index is 0.204. The minimum Gasteiger partial charge on any atom is -0.339 e. The Labute approximate surface area is 133 Å². The highest BCUT2D eigenvalue weighted by Gasteiger charge is 2.20. The second kappa shape index (κ2) is 7.25. The van der Waals surface area contributed by atoms with E-state index in [4.69, 9.17) is 0 Å². The number of carbonyl (C=O) groups excluding carboxylic acids is 1. The maximum atomic E-state index is 12.6. The van der Waals surface area contributed by atoms with E-state index in [0.29, 0.717) is 6.04 Å². The predicted molar refractivity (Wildman–Crippen MR) is 88.9 cm³/mol. The molecule has 1 atom stereocenters. The maximum absolute atomic E-state index is 12.6. The van der Waals surface area contributed by atoms with E-state index in [2.05, 4.69) is 29.3 Å². The molecule has 22 heavy (non-hydrogen) atoms. The van der Waals surface area contributed by atoms with E-state index in [-0.39, 0.29) is 5.91 Å². The van der Waals surface area contributed by atoms with Gasteiger partial charge in [0.15, 0.2) is 0 Å². The Morgan fingerprint density at radius 1 is 1.23 bits per heavy atom. The lowest BCUT2D eigenvalue weighted by atomic mass is 10.1. The van der Waals surface area contributed by atoms with E-state index in [1.54, 1.807) is 0 Å². The van der Waals surface area contributed by atoms with Crippen LogP contribution in [0, 0.1) is 0 Å². The molecule has 4 heteroatoms. The lowest BCUT2D eigenvalue weighted by Crippen LogP contribution is -2.49. The summed E-state index contributed by atoms with van der Waals surface area (Å²) in [6, 6.07) is 8.77. The number of amides is 1. The number of nitrogens with one attached hydrogen (secondary N) is 1. The smallest absolute Gasteiger partial charge is 0.253 e. The Bertz CT molecular complexity index is 511. The van der Waals surface area contributed by atoms with Gasteiger partial charge in [0.05, 0.1) is 0 Å². The molecule has 4 nitrogen and oxygen atoms in total. The van der Waals surface area contributed by atoms with Crippen LogP contribution in [0.2, 0.25) is 0 Å². The Kier molecular flexibility index (Phi) is 5.11. The summed E-state index contributed by atoms with van der Waals surface area (Å²) in [5.74, 6) is 0.204. The number of benzene rings is 1. The first-order valence-corrected chi connectivity index (χ1v) is 8.57. The maximum Gasteiger partial charge on any atom is 0.253 e. The van der Waals surface area contributed by atoms with Crippen molar-refractivity contribution in [1.82, 2.24) is 15.1 Å². The summed E-state index contributed by atoms with van der Waals surface area (Å²) in [6.45, 7) is 8.20. The van der Waals surface area contributed by atoms with Gasteiger partial charge in [-0.15, -0.1) is 0 Å². The van der Waals surface area contributed by atoms with Crippen molar-refractivity contribution in [3.8, 4) is 0 Å². The molecule has 1 aromatic rings. The molecule has 0 aliphatic carbocycles. The Balaban J connectivity index is 1.67. The zero-order valence-corrected chi connectivity index (χ0v) is 13.6. The van der Waals surface area contributed by atoms with Crippen molar-refractivity contribution in [1.29, 1.82) is 0 Å². The second-order valence-corrected chi connectivity index (χ2v) is 6.58. The van der Waals surface area contributed by atoms with Gasteiger partial charge in [-0.3, -0.25) is 9.69 Å². The average molecular weight is 301 g/mol. The van der Waals surface area contributed by atoms with Crippen LogP contribution in [0.5, 0.6) is 0 Å². The highest BCUT2D eigenvalue weighted by atomic mass is 16.2. The highest BCUT2D eigenvalue weighted by Crippen LogP contribution is 2.16. The fourth-order valence-electron chi connectivity index (χ4n) is 3.43. The summed E-state index contributed by atoms with van der Waals surface area (Å²) in [7, 11) is 0. The molecule has 1 amide bonds. The van der Waals surface area contributed by atoms with Crippen LogP contribution >= 0.6 is 0 Å². The SMILES string of the molecule is C[C@@H]1CNCCN1Cc1cccc(C(=O)N2CCCCC2)c1. The van der Waals surface area contributed by atoms with Gasteiger partial charge in [0.2, 0.25) is 0 Å². The summed E-state index contributed by atoms with van der Waals surface area (Å²) in [5, 5.41) is 3.42. The van der Waals surface area contributed by atoms with Gasteiger partial charge in [-0.1, -0.05) is 12.1 Å². The first kappa shape index (κ1) is 15.5. The summed E-state index contributed by atoms with van der Waals surface area (Å²) in [4.78, 5) is 17.1. The van der Waals surface area contributed by atoms with E-state index in [1.807, 2.05) is 17.0 Å². The molecular weight excluding hydrogens is 274 g/mol. The molecule has 2 aliphatic rings. The molecule has 1 N–H and O–H groups in total. The molecule has 2 heterocycles. The van der Waals surface area contributed by atoms with Crippen LogP contribution in [0.15, 0.2) is 24.3 Å². The van der Waals surface area contributed by atoms with Crippen LogP contribution < -0.4 is 5.32 Å². The molecule has 2 aliphatic heterocycles. The highest BCUT2D eigenvalue weighted by molar-refractivity contribution is 5.94. The fourth-order valence-corrected chi connectivity index (χ4v) is 3.43. The monoisotopic (exact) mass is 301 g/mol. The quantitative estimate of drug-likeness (QED) is 0.929. The van der Waals surface area contributed by atoms with Crippen LogP contribution in [0.4, 0.5) is 0 Å². The van der Waals surface area contributed by atoms with Crippen LogP contribution in [0.1, 0.15) is 42.1 Å². The lowest BCUT2D eigenvalue weighted by molar-refractivity contribution is 0.0724. The number of hydrogen-bond donors (Lipinski definition) is 1. The van der Waals surface area contributed by atoms with Crippen LogP contribution in [0.3, 0.4) is 0 Å². The Morgan fingerprint density at radius 2 is 2.05 bits per heavy atom. The fraction of sp³-hybridized carbons (Fsp3) is 0.611. The molecule has 1 aromatic carbocycles. The van der Waals surface area contributed by atoms with Gasteiger partial charge in [0.1, 0.15) is 0 Å². The van der Waals surface area contributed by atoms with Gasteiger partial charge in [0.25, 0.3) is 5.91 Å². The van der Waals surface area contributed by atoms with E-state index < -0.39 is 0 Å². The molecule has 120 valence electrons. The number of hydrogen-bond acceptors (Lipinski definition) is 3. The molecule has 0 radical (unpaired) electrons. The Hall–Kier alpha value is -1.39. The van der Waals surface area contributed by atoms with Crippen molar-refractivity contribution in [3.63, 3.8) is 0 Å². The number of nitrogens with zero attached hydrogens (tertiary/aromatic N) is 2. The van der Waals surface area contributed by atoms with Gasteiger partial charge in [-0.25, -0.2) is 0 Å². The topological polar surface area (TPSA) is 35.6 Å². The zero-order valence-electron chi connectivity index (χ0n) is 13.6. The van der Waals surface area contributed by atoms with Crippen LogP contribution in [-0.4, -0.2) is 54.5 Å². The molecule has 2 fully saturated rings.